The highest BCUT2D eigenvalue weighted by Gasteiger charge is 2.19. The number of halogens is 1. The van der Waals surface area contributed by atoms with Crippen molar-refractivity contribution in [2.45, 2.75) is 20.3 Å². The maximum absolute atomic E-state index is 12.5. The zero-order valence-corrected chi connectivity index (χ0v) is 16.7. The Morgan fingerprint density at radius 2 is 1.85 bits per heavy atom. The number of likely N-dealkylation sites (N-methyl/N-ethyl adjacent to an activating group) is 1. The highest BCUT2D eigenvalue weighted by atomic mass is 35.5. The van der Waals surface area contributed by atoms with E-state index in [1.54, 1.807) is 6.07 Å². The molecule has 0 atom stereocenters. The van der Waals surface area contributed by atoms with Crippen molar-refractivity contribution < 1.29 is 4.79 Å². The number of piperazine rings is 1. The molecule has 1 fully saturated rings. The molecule has 6 nitrogen and oxygen atoms in total. The van der Waals surface area contributed by atoms with Crippen molar-refractivity contribution in [3.05, 3.63) is 52.4 Å². The predicted molar refractivity (Wildman–Crippen MR) is 109 cm³/mol. The van der Waals surface area contributed by atoms with Crippen molar-refractivity contribution in [2.75, 3.05) is 44.2 Å². The molecule has 1 amide bonds. The number of nitrogens with zero attached hydrogens (tertiary/aromatic N) is 4. The molecule has 1 aromatic carbocycles. The molecule has 2 heterocycles. The van der Waals surface area contributed by atoms with Crippen LogP contribution in [0.15, 0.2) is 30.3 Å². The summed E-state index contributed by atoms with van der Waals surface area (Å²) in [5.41, 5.74) is 1.56. The Hall–Kier alpha value is -2.18. The van der Waals surface area contributed by atoms with E-state index < -0.39 is 0 Å². The van der Waals surface area contributed by atoms with Crippen LogP contribution in [0.5, 0.6) is 0 Å². The van der Waals surface area contributed by atoms with Gasteiger partial charge >= 0.3 is 0 Å². The first kappa shape index (κ1) is 19.6. The van der Waals surface area contributed by atoms with Crippen LogP contribution in [0.3, 0.4) is 0 Å². The van der Waals surface area contributed by atoms with Crippen molar-refractivity contribution in [3.8, 4) is 0 Å². The third-order valence-corrected chi connectivity index (χ3v) is 5.07. The molecule has 1 saturated heterocycles. The van der Waals surface area contributed by atoms with E-state index in [9.17, 15) is 4.79 Å². The molecule has 0 spiro atoms. The van der Waals surface area contributed by atoms with Crippen LogP contribution in [0.1, 0.15) is 28.8 Å². The van der Waals surface area contributed by atoms with E-state index in [1.165, 1.54) is 0 Å². The first-order chi connectivity index (χ1) is 13.0. The number of hydrogen-bond acceptors (Lipinski definition) is 5. The first-order valence-corrected chi connectivity index (χ1v) is 9.78. The summed E-state index contributed by atoms with van der Waals surface area (Å²) < 4.78 is 0. The Kier molecular flexibility index (Phi) is 6.63. The SMILES string of the molecule is CCN1CCN(c2cc(C(=O)NCCc3ccc(Cl)cc3)nc(C)n2)CC1. The normalized spacial score (nSPS) is 15.0. The van der Waals surface area contributed by atoms with Crippen LogP contribution in [0.25, 0.3) is 0 Å². The average Bonchev–Trinajstić information content (AvgIpc) is 2.69. The van der Waals surface area contributed by atoms with Gasteiger partial charge in [0.25, 0.3) is 5.91 Å². The number of carbonyl (C=O) groups is 1. The number of anilines is 1. The second kappa shape index (κ2) is 9.15. The summed E-state index contributed by atoms with van der Waals surface area (Å²) in [5, 5.41) is 3.66. The van der Waals surface area contributed by atoms with Crippen molar-refractivity contribution in [3.63, 3.8) is 0 Å². The van der Waals surface area contributed by atoms with Crippen molar-refractivity contribution in [1.29, 1.82) is 0 Å². The maximum Gasteiger partial charge on any atom is 0.270 e. The Morgan fingerprint density at radius 1 is 1.15 bits per heavy atom. The lowest BCUT2D eigenvalue weighted by Crippen LogP contribution is -2.46. The first-order valence-electron chi connectivity index (χ1n) is 9.41. The van der Waals surface area contributed by atoms with Gasteiger partial charge in [0, 0.05) is 43.8 Å². The standard InChI is InChI=1S/C20H26ClN5O/c1-3-25-10-12-26(13-11-25)19-14-18(23-15(2)24-19)20(27)22-9-8-16-4-6-17(21)7-5-16/h4-7,14H,3,8-13H2,1-2H3,(H,22,27). The van der Waals surface area contributed by atoms with Crippen LogP contribution in [-0.2, 0) is 6.42 Å². The number of benzene rings is 1. The fraction of sp³-hybridized carbons (Fsp3) is 0.450. The lowest BCUT2D eigenvalue weighted by atomic mass is 10.1. The molecule has 144 valence electrons. The highest BCUT2D eigenvalue weighted by Crippen LogP contribution is 2.15. The third kappa shape index (κ3) is 5.40. The molecule has 1 aliphatic heterocycles. The summed E-state index contributed by atoms with van der Waals surface area (Å²) in [4.78, 5) is 26.0. The van der Waals surface area contributed by atoms with Crippen LogP contribution in [0.4, 0.5) is 5.82 Å². The van der Waals surface area contributed by atoms with Gasteiger partial charge in [0.05, 0.1) is 0 Å². The molecule has 0 aliphatic carbocycles. The van der Waals surface area contributed by atoms with Gasteiger partial charge in [-0.2, -0.15) is 0 Å². The average molecular weight is 388 g/mol. The Labute approximate surface area is 165 Å². The highest BCUT2D eigenvalue weighted by molar-refractivity contribution is 6.30. The topological polar surface area (TPSA) is 61.4 Å². The van der Waals surface area contributed by atoms with Gasteiger partial charge in [-0.3, -0.25) is 4.79 Å². The largest absolute Gasteiger partial charge is 0.354 e. The van der Waals surface area contributed by atoms with Crippen molar-refractivity contribution in [2.24, 2.45) is 0 Å². The van der Waals surface area contributed by atoms with Gasteiger partial charge in [-0.1, -0.05) is 30.7 Å². The van der Waals surface area contributed by atoms with Gasteiger partial charge < -0.3 is 15.1 Å². The van der Waals surface area contributed by atoms with Gasteiger partial charge in [-0.25, -0.2) is 9.97 Å². The minimum absolute atomic E-state index is 0.164. The van der Waals surface area contributed by atoms with E-state index in [0.717, 1.165) is 50.5 Å². The van der Waals surface area contributed by atoms with Gasteiger partial charge in [0.1, 0.15) is 17.3 Å². The zero-order chi connectivity index (χ0) is 19.2. The van der Waals surface area contributed by atoms with Gasteiger partial charge in [0.15, 0.2) is 0 Å². The van der Waals surface area contributed by atoms with E-state index in [0.29, 0.717) is 23.1 Å². The van der Waals surface area contributed by atoms with Crippen LogP contribution in [0, 0.1) is 6.92 Å². The molecule has 0 unspecified atom stereocenters. The van der Waals surface area contributed by atoms with E-state index in [4.69, 9.17) is 11.6 Å². The molecule has 1 aromatic heterocycles. The molecule has 27 heavy (non-hydrogen) atoms. The smallest absolute Gasteiger partial charge is 0.270 e. The Balaban J connectivity index is 1.59. The molecule has 1 aliphatic rings. The summed E-state index contributed by atoms with van der Waals surface area (Å²) in [6, 6.07) is 9.45. The molecule has 0 radical (unpaired) electrons. The van der Waals surface area contributed by atoms with Crippen LogP contribution in [0.2, 0.25) is 5.02 Å². The number of amides is 1. The zero-order valence-electron chi connectivity index (χ0n) is 15.9. The third-order valence-electron chi connectivity index (χ3n) is 4.81. The molecule has 3 rings (SSSR count). The number of carbonyl (C=O) groups excluding carboxylic acids is 1. The number of nitrogens with one attached hydrogen (secondary N) is 1. The maximum atomic E-state index is 12.5. The van der Waals surface area contributed by atoms with Gasteiger partial charge in [0.2, 0.25) is 0 Å². The fourth-order valence-corrected chi connectivity index (χ4v) is 3.31. The van der Waals surface area contributed by atoms with Crippen molar-refractivity contribution >= 4 is 23.3 Å². The van der Waals surface area contributed by atoms with E-state index in [1.807, 2.05) is 31.2 Å². The van der Waals surface area contributed by atoms with Crippen molar-refractivity contribution in [1.82, 2.24) is 20.2 Å². The predicted octanol–water partition coefficient (Wildman–Crippen LogP) is 2.55. The minimum atomic E-state index is -0.164. The summed E-state index contributed by atoms with van der Waals surface area (Å²) in [6.07, 6.45) is 0.749. The number of rotatable bonds is 6. The van der Waals surface area contributed by atoms with Gasteiger partial charge in [-0.05, 0) is 37.6 Å². The van der Waals surface area contributed by atoms with E-state index in [2.05, 4.69) is 32.0 Å². The second-order valence-electron chi connectivity index (χ2n) is 6.71. The number of hydrogen-bond donors (Lipinski definition) is 1. The molecule has 2 aromatic rings. The minimum Gasteiger partial charge on any atom is -0.354 e. The van der Waals surface area contributed by atoms with Crippen LogP contribution >= 0.6 is 11.6 Å². The monoisotopic (exact) mass is 387 g/mol. The quantitative estimate of drug-likeness (QED) is 0.825. The van der Waals surface area contributed by atoms with E-state index in [-0.39, 0.29) is 5.91 Å². The Morgan fingerprint density at radius 3 is 2.52 bits per heavy atom. The van der Waals surface area contributed by atoms with E-state index >= 15 is 0 Å². The second-order valence-corrected chi connectivity index (χ2v) is 7.15. The molecule has 0 bridgehead atoms. The molecule has 7 heteroatoms. The molecular formula is C20H26ClN5O. The lowest BCUT2D eigenvalue weighted by Gasteiger charge is -2.34. The molecule has 0 saturated carbocycles. The summed E-state index contributed by atoms with van der Waals surface area (Å²) in [7, 11) is 0. The summed E-state index contributed by atoms with van der Waals surface area (Å²) in [5.74, 6) is 1.29. The summed E-state index contributed by atoms with van der Waals surface area (Å²) in [6.45, 7) is 9.49. The fourth-order valence-electron chi connectivity index (χ4n) is 3.19. The molecular weight excluding hydrogens is 362 g/mol. The Bertz CT molecular complexity index is 772. The number of aromatic nitrogens is 2. The van der Waals surface area contributed by atoms with Crippen LogP contribution < -0.4 is 10.2 Å². The summed E-state index contributed by atoms with van der Waals surface area (Å²) >= 11 is 5.90. The van der Waals surface area contributed by atoms with Gasteiger partial charge in [-0.15, -0.1) is 0 Å². The lowest BCUT2D eigenvalue weighted by molar-refractivity contribution is 0.0948. The molecule has 1 N–H and O–H groups in total. The number of aryl methyl sites for hydroxylation is 1. The van der Waals surface area contributed by atoms with Crippen LogP contribution in [-0.4, -0.2) is 60.0 Å².